The monoisotopic (exact) mass is 298 g/mol. The molecule has 0 spiro atoms. The number of hydrogen-bond donors (Lipinski definition) is 2. The van der Waals surface area contributed by atoms with Gasteiger partial charge in [0.1, 0.15) is 12.7 Å². The number of nitrogens with one attached hydrogen (secondary N) is 1. The summed E-state index contributed by atoms with van der Waals surface area (Å²) < 4.78 is 5.69. The van der Waals surface area contributed by atoms with Crippen LogP contribution in [0.3, 0.4) is 0 Å². The highest BCUT2D eigenvalue weighted by atomic mass is 79.9. The van der Waals surface area contributed by atoms with E-state index in [1.807, 2.05) is 6.07 Å². The van der Waals surface area contributed by atoms with Crippen molar-refractivity contribution in [2.45, 2.75) is 0 Å². The number of carbonyl (C=O) groups is 1. The zero-order valence-corrected chi connectivity index (χ0v) is 10.5. The Kier molecular flexibility index (Phi) is 5.46. The van der Waals surface area contributed by atoms with Crippen LogP contribution < -0.4 is 5.32 Å². The quantitative estimate of drug-likeness (QED) is 0.783. The normalized spacial score (nSPS) is 9.65. The Morgan fingerprint density at radius 2 is 2.35 bits per heavy atom. The second kappa shape index (κ2) is 6.89. The minimum absolute atomic E-state index is 0.271. The number of nitriles is 1. The van der Waals surface area contributed by atoms with E-state index in [1.54, 1.807) is 12.1 Å². The molecular formula is C11H11BrN2O3. The average Bonchev–Trinajstić information content (AvgIpc) is 2.29. The van der Waals surface area contributed by atoms with E-state index in [0.717, 1.165) is 4.47 Å². The molecule has 0 unspecified atom stereocenters. The van der Waals surface area contributed by atoms with Crippen LogP contribution in [0.4, 0.5) is 5.69 Å². The van der Waals surface area contributed by atoms with Crippen LogP contribution in [0.1, 0.15) is 5.56 Å². The summed E-state index contributed by atoms with van der Waals surface area (Å²) in [4.78, 5) is 10.2. The molecule has 0 saturated carbocycles. The molecule has 6 heteroatoms. The molecule has 5 nitrogen and oxygen atoms in total. The van der Waals surface area contributed by atoms with Crippen molar-refractivity contribution in [3.63, 3.8) is 0 Å². The molecule has 0 aliphatic heterocycles. The van der Waals surface area contributed by atoms with Gasteiger partial charge in [-0.05, 0) is 18.2 Å². The highest BCUT2D eigenvalue weighted by Gasteiger charge is 2.02. The van der Waals surface area contributed by atoms with Crippen molar-refractivity contribution in [1.29, 1.82) is 5.26 Å². The SMILES string of the molecule is N#Cc1cc(Br)ccc1NCCOCC(=O)O. The predicted octanol–water partition coefficient (Wildman–Crippen LogP) is 1.83. The molecule has 90 valence electrons. The molecule has 0 bridgehead atoms. The Labute approximate surface area is 107 Å². The molecule has 0 heterocycles. The first kappa shape index (κ1) is 13.5. The van der Waals surface area contributed by atoms with Gasteiger partial charge in [-0.15, -0.1) is 0 Å². The van der Waals surface area contributed by atoms with E-state index in [4.69, 9.17) is 15.1 Å². The maximum atomic E-state index is 10.2. The van der Waals surface area contributed by atoms with E-state index in [1.165, 1.54) is 0 Å². The first-order valence-electron chi connectivity index (χ1n) is 4.86. The Morgan fingerprint density at radius 1 is 1.59 bits per heavy atom. The standard InChI is InChI=1S/C11H11BrN2O3/c12-9-1-2-10(8(5-9)6-13)14-3-4-17-7-11(15)16/h1-2,5,14H,3-4,7H2,(H,15,16). The van der Waals surface area contributed by atoms with Crippen LogP contribution in [0.25, 0.3) is 0 Å². The zero-order chi connectivity index (χ0) is 12.7. The molecular weight excluding hydrogens is 288 g/mol. The van der Waals surface area contributed by atoms with Gasteiger partial charge < -0.3 is 15.2 Å². The molecule has 0 amide bonds. The summed E-state index contributed by atoms with van der Waals surface area (Å²) in [5.74, 6) is -0.994. The maximum Gasteiger partial charge on any atom is 0.329 e. The Bertz CT molecular complexity index is 443. The molecule has 0 fully saturated rings. The average molecular weight is 299 g/mol. The van der Waals surface area contributed by atoms with Gasteiger partial charge in [-0.25, -0.2) is 4.79 Å². The van der Waals surface area contributed by atoms with Gasteiger partial charge in [-0.2, -0.15) is 5.26 Å². The van der Waals surface area contributed by atoms with Crippen molar-refractivity contribution in [2.24, 2.45) is 0 Å². The largest absolute Gasteiger partial charge is 0.480 e. The number of carboxylic acid groups (broad SMARTS) is 1. The number of aliphatic carboxylic acids is 1. The van der Waals surface area contributed by atoms with Gasteiger partial charge in [-0.3, -0.25) is 0 Å². The summed E-state index contributed by atoms with van der Waals surface area (Å²) in [7, 11) is 0. The molecule has 1 aromatic rings. The van der Waals surface area contributed by atoms with Crippen molar-refractivity contribution in [2.75, 3.05) is 25.1 Å². The smallest absolute Gasteiger partial charge is 0.329 e. The third-order valence-corrected chi connectivity index (χ3v) is 2.38. The van der Waals surface area contributed by atoms with Crippen LogP contribution in [0.15, 0.2) is 22.7 Å². The zero-order valence-electron chi connectivity index (χ0n) is 8.94. The van der Waals surface area contributed by atoms with Crippen LogP contribution in [0.2, 0.25) is 0 Å². The van der Waals surface area contributed by atoms with E-state index in [0.29, 0.717) is 17.8 Å². The molecule has 1 aromatic carbocycles. The molecule has 0 radical (unpaired) electrons. The second-order valence-electron chi connectivity index (χ2n) is 3.17. The summed E-state index contributed by atoms with van der Waals surface area (Å²) in [5.41, 5.74) is 1.23. The molecule has 0 aliphatic rings. The van der Waals surface area contributed by atoms with Crippen molar-refractivity contribution < 1.29 is 14.6 Å². The second-order valence-corrected chi connectivity index (χ2v) is 4.09. The lowest BCUT2D eigenvalue weighted by molar-refractivity contribution is -0.142. The maximum absolute atomic E-state index is 10.2. The topological polar surface area (TPSA) is 82.3 Å². The van der Waals surface area contributed by atoms with Crippen LogP contribution in [0.5, 0.6) is 0 Å². The molecule has 0 atom stereocenters. The number of rotatable bonds is 6. The number of carboxylic acids is 1. The number of anilines is 1. The van der Waals surface area contributed by atoms with Gasteiger partial charge in [0, 0.05) is 11.0 Å². The first-order chi connectivity index (χ1) is 8.13. The lowest BCUT2D eigenvalue weighted by Crippen LogP contribution is -2.14. The van der Waals surface area contributed by atoms with Crippen molar-refractivity contribution in [3.05, 3.63) is 28.2 Å². The third kappa shape index (κ3) is 4.85. The molecule has 2 N–H and O–H groups in total. The Morgan fingerprint density at radius 3 is 3.00 bits per heavy atom. The van der Waals surface area contributed by atoms with Gasteiger partial charge in [0.25, 0.3) is 0 Å². The molecule has 0 aromatic heterocycles. The highest BCUT2D eigenvalue weighted by Crippen LogP contribution is 2.19. The highest BCUT2D eigenvalue weighted by molar-refractivity contribution is 9.10. The number of hydrogen-bond acceptors (Lipinski definition) is 4. The molecule has 17 heavy (non-hydrogen) atoms. The van der Waals surface area contributed by atoms with Gasteiger partial charge >= 0.3 is 5.97 Å². The number of nitrogens with zero attached hydrogens (tertiary/aromatic N) is 1. The molecule has 0 saturated heterocycles. The van der Waals surface area contributed by atoms with Crippen molar-refractivity contribution >= 4 is 27.6 Å². The van der Waals surface area contributed by atoms with E-state index in [-0.39, 0.29) is 13.2 Å². The van der Waals surface area contributed by atoms with Crippen LogP contribution in [-0.2, 0) is 9.53 Å². The minimum atomic E-state index is -0.994. The van der Waals surface area contributed by atoms with Gasteiger partial charge in [0.2, 0.25) is 0 Å². The minimum Gasteiger partial charge on any atom is -0.480 e. The van der Waals surface area contributed by atoms with E-state index < -0.39 is 5.97 Å². The molecule has 1 rings (SSSR count). The number of halogens is 1. The lowest BCUT2D eigenvalue weighted by Gasteiger charge is -2.08. The summed E-state index contributed by atoms with van der Waals surface area (Å²) in [6.45, 7) is 0.407. The Balaban J connectivity index is 2.42. The van der Waals surface area contributed by atoms with Crippen LogP contribution in [-0.4, -0.2) is 30.8 Å². The summed E-state index contributed by atoms with van der Waals surface area (Å²) in [6, 6.07) is 7.38. The summed E-state index contributed by atoms with van der Waals surface area (Å²) in [5, 5.41) is 20.3. The van der Waals surface area contributed by atoms with Gasteiger partial charge in [0.05, 0.1) is 17.9 Å². The fraction of sp³-hybridized carbons (Fsp3) is 0.273. The van der Waals surface area contributed by atoms with Crippen molar-refractivity contribution in [3.8, 4) is 6.07 Å². The van der Waals surface area contributed by atoms with Gasteiger partial charge in [0.15, 0.2) is 0 Å². The first-order valence-corrected chi connectivity index (χ1v) is 5.66. The predicted molar refractivity (Wildman–Crippen MR) is 65.8 cm³/mol. The molecule has 0 aliphatic carbocycles. The fourth-order valence-corrected chi connectivity index (χ4v) is 1.54. The third-order valence-electron chi connectivity index (χ3n) is 1.89. The lowest BCUT2D eigenvalue weighted by atomic mass is 10.2. The number of ether oxygens (including phenoxy) is 1. The van der Waals surface area contributed by atoms with Gasteiger partial charge in [-0.1, -0.05) is 15.9 Å². The van der Waals surface area contributed by atoms with E-state index in [2.05, 4.69) is 27.3 Å². The van der Waals surface area contributed by atoms with Crippen molar-refractivity contribution in [1.82, 2.24) is 0 Å². The van der Waals surface area contributed by atoms with E-state index >= 15 is 0 Å². The summed E-state index contributed by atoms with van der Waals surface area (Å²) in [6.07, 6.45) is 0. The van der Waals surface area contributed by atoms with Crippen LogP contribution >= 0.6 is 15.9 Å². The summed E-state index contributed by atoms with van der Waals surface area (Å²) >= 11 is 3.28. The number of benzene rings is 1. The fourth-order valence-electron chi connectivity index (χ4n) is 1.18. The van der Waals surface area contributed by atoms with Crippen LogP contribution in [0, 0.1) is 11.3 Å². The Hall–Kier alpha value is -1.58. The van der Waals surface area contributed by atoms with E-state index in [9.17, 15) is 4.79 Å².